The Hall–Kier alpha value is -0.890. The molecule has 0 spiro atoms. The normalized spacial score (nSPS) is 22.1. The Morgan fingerprint density at radius 1 is 1.75 bits per heavy atom. The van der Waals surface area contributed by atoms with Gasteiger partial charge in [0.1, 0.15) is 6.29 Å². The van der Waals surface area contributed by atoms with Gasteiger partial charge in [-0.05, 0) is 12.8 Å². The molecule has 0 saturated heterocycles. The molecule has 0 heterocycles. The number of carbonyl (C=O) groups is 1. The Morgan fingerprint density at radius 3 is 3.25 bits per heavy atom. The van der Waals surface area contributed by atoms with Crippen molar-refractivity contribution in [3.63, 3.8) is 0 Å². The van der Waals surface area contributed by atoms with Gasteiger partial charge < -0.3 is 4.74 Å². The molecule has 1 aliphatic carbocycles. The third-order valence-corrected chi connectivity index (χ3v) is 1.81. The molecule has 1 unspecified atom stereocenters. The molecule has 0 aromatic carbocycles. The standard InChI is InChI=1S/C10H14O2/c1-2-7-12-10-6-4-3-5-9(10)8-11/h3-5,8,10H,2,6-7H2,1H3. The van der Waals surface area contributed by atoms with Crippen molar-refractivity contribution in [3.05, 3.63) is 23.8 Å². The van der Waals surface area contributed by atoms with Gasteiger partial charge in [0, 0.05) is 12.2 Å². The summed E-state index contributed by atoms with van der Waals surface area (Å²) in [6.45, 7) is 2.78. The number of hydrogen-bond donors (Lipinski definition) is 0. The molecule has 1 aliphatic rings. The minimum Gasteiger partial charge on any atom is -0.373 e. The molecule has 2 heteroatoms. The van der Waals surface area contributed by atoms with Crippen molar-refractivity contribution < 1.29 is 9.53 Å². The van der Waals surface area contributed by atoms with Crippen LogP contribution in [0.4, 0.5) is 0 Å². The van der Waals surface area contributed by atoms with Crippen LogP contribution in [0.3, 0.4) is 0 Å². The van der Waals surface area contributed by atoms with Crippen molar-refractivity contribution >= 4 is 6.29 Å². The minimum absolute atomic E-state index is 0.00699. The van der Waals surface area contributed by atoms with E-state index >= 15 is 0 Å². The Kier molecular flexibility index (Phi) is 3.74. The maximum Gasteiger partial charge on any atom is 0.148 e. The molecule has 0 N–H and O–H groups in total. The molecular weight excluding hydrogens is 152 g/mol. The van der Waals surface area contributed by atoms with Gasteiger partial charge in [0.05, 0.1) is 6.10 Å². The lowest BCUT2D eigenvalue weighted by molar-refractivity contribution is -0.106. The van der Waals surface area contributed by atoms with Gasteiger partial charge in [0.15, 0.2) is 0 Å². The van der Waals surface area contributed by atoms with E-state index in [1.165, 1.54) is 0 Å². The number of ether oxygens (including phenoxy) is 1. The van der Waals surface area contributed by atoms with E-state index in [1.54, 1.807) is 0 Å². The Labute approximate surface area is 72.9 Å². The summed E-state index contributed by atoms with van der Waals surface area (Å²) in [5, 5.41) is 0. The van der Waals surface area contributed by atoms with Crippen LogP contribution < -0.4 is 0 Å². The van der Waals surface area contributed by atoms with Crippen molar-refractivity contribution in [1.82, 2.24) is 0 Å². The van der Waals surface area contributed by atoms with E-state index in [-0.39, 0.29) is 6.10 Å². The second-order valence-corrected chi connectivity index (χ2v) is 2.81. The largest absolute Gasteiger partial charge is 0.373 e. The highest BCUT2D eigenvalue weighted by Crippen LogP contribution is 2.14. The molecule has 0 amide bonds. The predicted molar refractivity (Wildman–Crippen MR) is 47.9 cm³/mol. The van der Waals surface area contributed by atoms with E-state index in [0.29, 0.717) is 0 Å². The first-order valence-corrected chi connectivity index (χ1v) is 4.32. The Balaban J connectivity index is 2.48. The van der Waals surface area contributed by atoms with Gasteiger partial charge in [-0.3, -0.25) is 4.79 Å². The van der Waals surface area contributed by atoms with Crippen LogP contribution in [0.15, 0.2) is 23.8 Å². The SMILES string of the molecule is CCCOC1CC=CC=C1C=O. The predicted octanol–water partition coefficient (Wildman–Crippen LogP) is 1.87. The molecule has 0 aromatic rings. The van der Waals surface area contributed by atoms with Crippen LogP contribution >= 0.6 is 0 Å². The van der Waals surface area contributed by atoms with Crippen molar-refractivity contribution in [1.29, 1.82) is 0 Å². The van der Waals surface area contributed by atoms with Gasteiger partial charge in [-0.1, -0.05) is 25.2 Å². The fraction of sp³-hybridized carbons (Fsp3) is 0.500. The molecule has 2 nitrogen and oxygen atoms in total. The summed E-state index contributed by atoms with van der Waals surface area (Å²) in [4.78, 5) is 10.6. The molecular formula is C10H14O2. The lowest BCUT2D eigenvalue weighted by Gasteiger charge is -2.17. The first-order valence-electron chi connectivity index (χ1n) is 4.32. The zero-order valence-electron chi connectivity index (χ0n) is 7.32. The number of aldehydes is 1. The zero-order valence-corrected chi connectivity index (χ0v) is 7.32. The van der Waals surface area contributed by atoms with E-state index in [1.807, 2.05) is 18.2 Å². The van der Waals surface area contributed by atoms with Crippen LogP contribution in [0.25, 0.3) is 0 Å². The van der Waals surface area contributed by atoms with Crippen molar-refractivity contribution in [2.45, 2.75) is 25.9 Å². The molecule has 0 aliphatic heterocycles. The highest BCUT2D eigenvalue weighted by Gasteiger charge is 2.13. The van der Waals surface area contributed by atoms with E-state index < -0.39 is 0 Å². The molecule has 1 rings (SSSR count). The third kappa shape index (κ3) is 2.31. The summed E-state index contributed by atoms with van der Waals surface area (Å²) in [7, 11) is 0. The number of allylic oxidation sites excluding steroid dienone is 2. The first-order chi connectivity index (χ1) is 5.88. The lowest BCUT2D eigenvalue weighted by atomic mass is 10.0. The summed E-state index contributed by atoms with van der Waals surface area (Å²) in [5.41, 5.74) is 0.756. The fourth-order valence-corrected chi connectivity index (χ4v) is 1.16. The topological polar surface area (TPSA) is 26.3 Å². The molecule has 0 fully saturated rings. The van der Waals surface area contributed by atoms with Gasteiger partial charge in [-0.15, -0.1) is 0 Å². The van der Waals surface area contributed by atoms with Crippen LogP contribution in [0.1, 0.15) is 19.8 Å². The summed E-state index contributed by atoms with van der Waals surface area (Å²) >= 11 is 0. The molecule has 0 aromatic heterocycles. The number of carbonyl (C=O) groups excluding carboxylic acids is 1. The minimum atomic E-state index is -0.00699. The van der Waals surface area contributed by atoms with Crippen LogP contribution in [0.5, 0.6) is 0 Å². The second-order valence-electron chi connectivity index (χ2n) is 2.81. The first kappa shape index (κ1) is 9.20. The Bertz CT molecular complexity index is 204. The maximum atomic E-state index is 10.6. The number of rotatable bonds is 4. The number of hydrogen-bond acceptors (Lipinski definition) is 2. The van der Waals surface area contributed by atoms with Gasteiger partial charge in [-0.2, -0.15) is 0 Å². The molecule has 0 saturated carbocycles. The van der Waals surface area contributed by atoms with Gasteiger partial charge >= 0.3 is 0 Å². The summed E-state index contributed by atoms with van der Waals surface area (Å²) in [5.74, 6) is 0. The third-order valence-electron chi connectivity index (χ3n) is 1.81. The quantitative estimate of drug-likeness (QED) is 0.596. The van der Waals surface area contributed by atoms with E-state index in [2.05, 4.69) is 6.92 Å². The highest BCUT2D eigenvalue weighted by atomic mass is 16.5. The summed E-state index contributed by atoms with van der Waals surface area (Å²) < 4.78 is 5.48. The average molecular weight is 166 g/mol. The summed E-state index contributed by atoms with van der Waals surface area (Å²) in [6.07, 6.45) is 8.42. The Morgan fingerprint density at radius 2 is 2.58 bits per heavy atom. The zero-order chi connectivity index (χ0) is 8.81. The molecule has 66 valence electrons. The van der Waals surface area contributed by atoms with Crippen molar-refractivity contribution in [2.75, 3.05) is 6.61 Å². The van der Waals surface area contributed by atoms with Crippen molar-refractivity contribution in [3.8, 4) is 0 Å². The average Bonchev–Trinajstić information content (AvgIpc) is 2.15. The van der Waals surface area contributed by atoms with Crippen LogP contribution in [-0.2, 0) is 9.53 Å². The monoisotopic (exact) mass is 166 g/mol. The smallest absolute Gasteiger partial charge is 0.148 e. The van der Waals surface area contributed by atoms with E-state index in [4.69, 9.17) is 4.74 Å². The van der Waals surface area contributed by atoms with E-state index in [0.717, 1.165) is 31.3 Å². The van der Waals surface area contributed by atoms with Gasteiger partial charge in [0.2, 0.25) is 0 Å². The van der Waals surface area contributed by atoms with E-state index in [9.17, 15) is 4.79 Å². The van der Waals surface area contributed by atoms with Crippen LogP contribution in [-0.4, -0.2) is 19.0 Å². The van der Waals surface area contributed by atoms with Crippen LogP contribution in [0.2, 0.25) is 0 Å². The highest BCUT2D eigenvalue weighted by molar-refractivity contribution is 5.75. The molecule has 0 bridgehead atoms. The van der Waals surface area contributed by atoms with Gasteiger partial charge in [0.25, 0.3) is 0 Å². The molecule has 0 radical (unpaired) electrons. The summed E-state index contributed by atoms with van der Waals surface area (Å²) in [6, 6.07) is 0. The molecule has 1 atom stereocenters. The second kappa shape index (κ2) is 4.88. The van der Waals surface area contributed by atoms with Crippen molar-refractivity contribution in [2.24, 2.45) is 0 Å². The molecule has 12 heavy (non-hydrogen) atoms. The van der Waals surface area contributed by atoms with Crippen LogP contribution in [0, 0.1) is 0 Å². The lowest BCUT2D eigenvalue weighted by Crippen LogP contribution is -2.18. The maximum absolute atomic E-state index is 10.6. The fourth-order valence-electron chi connectivity index (χ4n) is 1.16. The van der Waals surface area contributed by atoms with Gasteiger partial charge in [-0.25, -0.2) is 0 Å².